The SMILES string of the molecule is C.CC1CC1.Cc1ccc(NC(=O)NC2CCN(C(=O)C3(C(F)(F)F)CC3)CC2)cc1F.Cc1ccc(NC(=O)NC2CCNCC2)cc1F.ClCCl.O=C=O.[2HH]. The van der Waals surface area contributed by atoms with Crippen LogP contribution in [0.3, 0.4) is 0 Å². The predicted octanol–water partition coefficient (Wildman–Crippen LogP) is 8.73. The molecule has 2 saturated carbocycles. The maximum atomic E-state index is 13.5. The number of benzene rings is 2. The quantitative estimate of drug-likeness (QED) is 0.150. The molecule has 316 valence electrons. The molecule has 2 aliphatic carbocycles. The number of alkyl halides is 5. The molecule has 0 radical (unpaired) electrons. The Morgan fingerprint density at radius 2 is 1.20 bits per heavy atom. The van der Waals surface area contributed by atoms with Crippen LogP contribution in [0.5, 0.6) is 0 Å². The Hall–Kier alpha value is -3.98. The van der Waals surface area contributed by atoms with Crippen LogP contribution in [0.15, 0.2) is 36.4 Å². The lowest BCUT2D eigenvalue weighted by Gasteiger charge is -2.35. The van der Waals surface area contributed by atoms with Crippen molar-refractivity contribution in [1.82, 2.24) is 20.9 Å². The molecule has 56 heavy (non-hydrogen) atoms. The molecule has 6 rings (SSSR count). The van der Waals surface area contributed by atoms with E-state index < -0.39 is 29.3 Å². The number of carbonyl (C=O) groups is 3. The lowest BCUT2D eigenvalue weighted by atomic mass is 10.00. The molecular formula is C38H55Cl2F5N6O5. The van der Waals surface area contributed by atoms with Gasteiger partial charge in [0.25, 0.3) is 0 Å². The van der Waals surface area contributed by atoms with Gasteiger partial charge in [-0.15, -0.1) is 23.2 Å². The minimum absolute atomic E-state index is 0. The van der Waals surface area contributed by atoms with Crippen LogP contribution in [-0.2, 0) is 14.4 Å². The largest absolute Gasteiger partial charge is 0.403 e. The molecule has 0 spiro atoms. The van der Waals surface area contributed by atoms with Gasteiger partial charge in [0.2, 0.25) is 5.91 Å². The molecule has 2 aromatic carbocycles. The Balaban J connectivity index is 0.000000898. The molecule has 4 fully saturated rings. The van der Waals surface area contributed by atoms with Crippen molar-refractivity contribution in [3.8, 4) is 0 Å². The van der Waals surface area contributed by atoms with Gasteiger partial charge in [0.1, 0.15) is 17.0 Å². The predicted molar refractivity (Wildman–Crippen MR) is 209 cm³/mol. The summed E-state index contributed by atoms with van der Waals surface area (Å²) in [6, 6.07) is 8.15. The van der Waals surface area contributed by atoms with Crippen LogP contribution in [0, 0.1) is 36.8 Å². The Morgan fingerprint density at radius 1 is 0.821 bits per heavy atom. The molecule has 2 saturated heterocycles. The molecule has 11 nitrogen and oxygen atoms in total. The van der Waals surface area contributed by atoms with Crippen molar-refractivity contribution in [2.24, 2.45) is 11.3 Å². The minimum atomic E-state index is -4.51. The van der Waals surface area contributed by atoms with Crippen molar-refractivity contribution >= 4 is 58.7 Å². The van der Waals surface area contributed by atoms with Crippen LogP contribution in [0.4, 0.5) is 42.9 Å². The standard InChI is InChI=1S/C18H21F4N3O2.C13H18FN3O.C4H8.CH2Cl2.CO2.CH4.H2/c1-11-2-3-13(10-14(11)19)24-16(27)23-12-4-8-25(9-5-12)15(26)17(6-7-17)18(20,21)22;1-9-2-3-11(8-12(9)14)17-13(18)16-10-4-6-15-7-5-10;1-4-2-3-4;2*2-1-3;;/h2-3,10,12H,4-9H2,1H3,(H2,23,24,27);2-3,8,10,15H,4-7H2,1H3,(H2,16,17,18);4H,2-3H2,1H3;1H2;;1H4;1H/i;;;;;;1+1. The third kappa shape index (κ3) is 17.4. The summed E-state index contributed by atoms with van der Waals surface area (Å²) in [4.78, 5) is 53.5. The highest BCUT2D eigenvalue weighted by Crippen LogP contribution is 2.58. The highest BCUT2D eigenvalue weighted by Gasteiger charge is 2.69. The van der Waals surface area contributed by atoms with Crippen LogP contribution < -0.4 is 26.6 Å². The number of hydrogen-bond donors (Lipinski definition) is 5. The second-order valence-electron chi connectivity index (χ2n) is 13.7. The van der Waals surface area contributed by atoms with E-state index in [1.165, 1.54) is 29.9 Å². The summed E-state index contributed by atoms with van der Waals surface area (Å²) in [5.74, 6) is -0.513. The number of nitrogens with one attached hydrogen (secondary N) is 5. The van der Waals surface area contributed by atoms with E-state index in [1.54, 1.807) is 38.1 Å². The van der Waals surface area contributed by atoms with Crippen LogP contribution in [0.1, 0.15) is 78.3 Å². The number of piperidine rings is 2. The van der Waals surface area contributed by atoms with Gasteiger partial charge in [-0.05, 0) is 107 Å². The van der Waals surface area contributed by atoms with Crippen LogP contribution in [-0.4, -0.2) is 78.8 Å². The monoisotopic (exact) mass is 841 g/mol. The molecule has 4 aliphatic rings. The summed E-state index contributed by atoms with van der Waals surface area (Å²) in [5, 5.41) is 14.2. The third-order valence-corrected chi connectivity index (χ3v) is 9.22. The van der Waals surface area contributed by atoms with Crippen LogP contribution >= 0.6 is 23.2 Å². The number of hydrogen-bond acceptors (Lipinski definition) is 6. The molecule has 0 bridgehead atoms. The number of anilines is 2. The molecule has 5 N–H and O–H groups in total. The molecule has 0 unspecified atom stereocenters. The number of likely N-dealkylation sites (tertiary alicyclic amines) is 1. The van der Waals surface area contributed by atoms with Gasteiger partial charge in [-0.25, -0.2) is 18.4 Å². The van der Waals surface area contributed by atoms with Gasteiger partial charge in [0.05, 0.1) is 5.34 Å². The topological polar surface area (TPSA) is 149 Å². The zero-order chi connectivity index (χ0) is 41.2. The molecular weight excluding hydrogens is 786 g/mol. The average Bonchev–Trinajstić information content (AvgIpc) is 4.07. The smallest absolute Gasteiger partial charge is 0.342 e. The van der Waals surface area contributed by atoms with Crippen molar-refractivity contribution in [2.45, 2.75) is 97.8 Å². The van der Waals surface area contributed by atoms with Gasteiger partial charge in [-0.2, -0.15) is 22.8 Å². The Bertz CT molecular complexity index is 1580. The summed E-state index contributed by atoms with van der Waals surface area (Å²) in [6.07, 6.45) is 1.00. The lowest BCUT2D eigenvalue weighted by molar-refractivity contribution is -0.199. The number of urea groups is 2. The third-order valence-electron chi connectivity index (χ3n) is 9.22. The maximum absolute atomic E-state index is 13.5. The fraction of sp³-hybridized carbons (Fsp3) is 0.579. The fourth-order valence-electron chi connectivity index (χ4n) is 5.45. The number of amides is 5. The highest BCUT2D eigenvalue weighted by molar-refractivity contribution is 6.40. The molecule has 0 atom stereocenters. The Kier molecular flexibility index (Phi) is 22.0. The first-order chi connectivity index (χ1) is 26.0. The summed E-state index contributed by atoms with van der Waals surface area (Å²) in [6.45, 7) is 7.75. The first-order valence-electron chi connectivity index (χ1n) is 17.9. The van der Waals surface area contributed by atoms with E-state index >= 15 is 0 Å². The van der Waals surface area contributed by atoms with E-state index in [1.807, 2.05) is 0 Å². The molecule has 18 heteroatoms. The van der Waals surface area contributed by atoms with Gasteiger partial charge in [-0.3, -0.25) is 4.79 Å². The summed E-state index contributed by atoms with van der Waals surface area (Å²) >= 11 is 9.53. The zero-order valence-corrected chi connectivity index (χ0v) is 32.5. The second kappa shape index (κ2) is 24.6. The highest BCUT2D eigenvalue weighted by atomic mass is 35.5. The summed E-state index contributed by atoms with van der Waals surface area (Å²) < 4.78 is 66.0. The van der Waals surface area contributed by atoms with Gasteiger partial charge in [0, 0.05) is 38.0 Å². The minimum Gasteiger partial charge on any atom is -0.342 e. The molecule has 5 amide bonds. The van der Waals surface area contributed by atoms with E-state index in [9.17, 15) is 36.3 Å². The Labute approximate surface area is 336 Å². The lowest BCUT2D eigenvalue weighted by Crippen LogP contribution is -2.51. The van der Waals surface area contributed by atoms with Crippen molar-refractivity contribution in [1.29, 1.82) is 0 Å². The van der Waals surface area contributed by atoms with E-state index in [0.29, 0.717) is 35.3 Å². The van der Waals surface area contributed by atoms with Crippen molar-refractivity contribution in [2.75, 3.05) is 42.2 Å². The number of aryl methyl sites for hydroxylation is 2. The normalized spacial score (nSPS) is 17.0. The maximum Gasteiger partial charge on any atom is 0.403 e. The van der Waals surface area contributed by atoms with Crippen LogP contribution in [0.2, 0.25) is 0 Å². The number of rotatable bonds is 5. The van der Waals surface area contributed by atoms with E-state index in [0.717, 1.165) is 31.8 Å². The summed E-state index contributed by atoms with van der Waals surface area (Å²) in [5.41, 5.74) is -0.377. The van der Waals surface area contributed by atoms with Crippen molar-refractivity contribution in [3.05, 3.63) is 59.2 Å². The first kappa shape index (κ1) is 50.0. The zero-order valence-electron chi connectivity index (χ0n) is 31.0. The van der Waals surface area contributed by atoms with E-state index in [-0.39, 0.29) is 70.2 Å². The van der Waals surface area contributed by atoms with Gasteiger partial charge >= 0.3 is 24.4 Å². The fourth-order valence-corrected chi connectivity index (χ4v) is 5.45. The van der Waals surface area contributed by atoms with E-state index in [4.69, 9.17) is 32.8 Å². The number of nitrogens with zero attached hydrogens (tertiary/aromatic N) is 1. The average molecular weight is 843 g/mol. The molecule has 2 heterocycles. The van der Waals surface area contributed by atoms with Crippen molar-refractivity contribution < 1.29 is 47.4 Å². The van der Waals surface area contributed by atoms with Gasteiger partial charge < -0.3 is 31.5 Å². The van der Waals surface area contributed by atoms with Crippen LogP contribution in [0.25, 0.3) is 0 Å². The molecule has 0 aromatic heterocycles. The van der Waals surface area contributed by atoms with E-state index in [2.05, 4.69) is 33.5 Å². The molecule has 2 aliphatic heterocycles. The molecule has 2 aromatic rings. The number of carbonyl (C=O) groups excluding carboxylic acids is 5. The Morgan fingerprint density at radius 3 is 1.52 bits per heavy atom. The first-order valence-corrected chi connectivity index (χ1v) is 18.9. The summed E-state index contributed by atoms with van der Waals surface area (Å²) in [7, 11) is 0. The van der Waals surface area contributed by atoms with Gasteiger partial charge in [0.15, 0.2) is 0 Å². The number of halogens is 7. The van der Waals surface area contributed by atoms with Gasteiger partial charge in [-0.1, -0.05) is 39.3 Å². The second-order valence-corrected chi connectivity index (χ2v) is 14.5. The van der Waals surface area contributed by atoms with Crippen molar-refractivity contribution in [3.63, 3.8) is 0 Å².